The zero-order valence-corrected chi connectivity index (χ0v) is 7.55. The maximum absolute atomic E-state index is 11.4. The minimum Gasteiger partial charge on any atom is -0.383 e. The molecule has 0 aromatic carbocycles. The van der Waals surface area contributed by atoms with Gasteiger partial charge >= 0.3 is 0 Å². The van der Waals surface area contributed by atoms with Crippen molar-refractivity contribution in [2.24, 2.45) is 0 Å². The van der Waals surface area contributed by atoms with E-state index < -0.39 is 0 Å². The highest BCUT2D eigenvalue weighted by molar-refractivity contribution is 5.79. The van der Waals surface area contributed by atoms with Gasteiger partial charge in [-0.15, -0.1) is 0 Å². The molecule has 0 spiro atoms. The fourth-order valence-electron chi connectivity index (χ4n) is 1.29. The quantitative estimate of drug-likeness (QED) is 0.656. The minimum absolute atomic E-state index is 0.180. The number of hydrogen-bond donors (Lipinski definition) is 1. The van der Waals surface area contributed by atoms with E-state index in [0.717, 1.165) is 6.54 Å². The first-order valence-corrected chi connectivity index (χ1v) is 4.43. The molecule has 0 heterocycles. The SMILES string of the molecule is C=CNCC(=O)N(CC)C1CC1. The van der Waals surface area contributed by atoms with Gasteiger partial charge in [-0.3, -0.25) is 4.79 Å². The van der Waals surface area contributed by atoms with Crippen molar-refractivity contribution in [1.82, 2.24) is 10.2 Å². The molecule has 1 aliphatic carbocycles. The average molecular weight is 168 g/mol. The molecule has 1 amide bonds. The van der Waals surface area contributed by atoms with E-state index in [2.05, 4.69) is 11.9 Å². The molecule has 0 aliphatic heterocycles. The molecule has 1 rings (SSSR count). The van der Waals surface area contributed by atoms with Crippen LogP contribution in [0.15, 0.2) is 12.8 Å². The second kappa shape index (κ2) is 4.14. The van der Waals surface area contributed by atoms with Gasteiger partial charge in [0.2, 0.25) is 5.91 Å². The first-order chi connectivity index (χ1) is 5.79. The topological polar surface area (TPSA) is 32.3 Å². The van der Waals surface area contributed by atoms with Crippen molar-refractivity contribution in [3.05, 3.63) is 12.8 Å². The Labute approximate surface area is 73.4 Å². The molecule has 0 radical (unpaired) electrons. The Hall–Kier alpha value is -0.990. The molecule has 0 bridgehead atoms. The highest BCUT2D eigenvalue weighted by Gasteiger charge is 2.30. The van der Waals surface area contributed by atoms with Crippen LogP contribution in [-0.2, 0) is 4.79 Å². The molecule has 3 heteroatoms. The van der Waals surface area contributed by atoms with Crippen LogP contribution in [0, 0.1) is 0 Å². The lowest BCUT2D eigenvalue weighted by molar-refractivity contribution is -0.130. The molecular weight excluding hydrogens is 152 g/mol. The molecule has 0 aromatic rings. The molecular formula is C9H16N2O. The molecule has 0 unspecified atom stereocenters. The number of nitrogens with zero attached hydrogens (tertiary/aromatic N) is 1. The molecule has 1 saturated carbocycles. The zero-order chi connectivity index (χ0) is 8.97. The summed E-state index contributed by atoms with van der Waals surface area (Å²) in [6.07, 6.45) is 3.90. The van der Waals surface area contributed by atoms with E-state index in [9.17, 15) is 4.79 Å². The van der Waals surface area contributed by atoms with E-state index >= 15 is 0 Å². The van der Waals surface area contributed by atoms with E-state index in [1.165, 1.54) is 12.8 Å². The summed E-state index contributed by atoms with van der Waals surface area (Å²) in [5.41, 5.74) is 0. The summed E-state index contributed by atoms with van der Waals surface area (Å²) in [5.74, 6) is 0.180. The lowest BCUT2D eigenvalue weighted by atomic mass is 10.4. The van der Waals surface area contributed by atoms with E-state index in [-0.39, 0.29) is 5.91 Å². The highest BCUT2D eigenvalue weighted by Crippen LogP contribution is 2.26. The van der Waals surface area contributed by atoms with Crippen LogP contribution < -0.4 is 5.32 Å². The summed E-state index contributed by atoms with van der Waals surface area (Å²) in [7, 11) is 0. The molecule has 0 aromatic heterocycles. The summed E-state index contributed by atoms with van der Waals surface area (Å²) >= 11 is 0. The number of carbonyl (C=O) groups is 1. The van der Waals surface area contributed by atoms with Crippen LogP contribution in [0.4, 0.5) is 0 Å². The molecule has 1 aliphatic rings. The van der Waals surface area contributed by atoms with Gasteiger partial charge < -0.3 is 10.2 Å². The molecule has 12 heavy (non-hydrogen) atoms. The maximum atomic E-state index is 11.4. The number of rotatable bonds is 5. The third-order valence-electron chi connectivity index (χ3n) is 2.05. The fraction of sp³-hybridized carbons (Fsp3) is 0.667. The Morgan fingerprint density at radius 1 is 1.75 bits per heavy atom. The van der Waals surface area contributed by atoms with Gasteiger partial charge in [-0.1, -0.05) is 6.58 Å². The monoisotopic (exact) mass is 168 g/mol. The van der Waals surface area contributed by atoms with Gasteiger partial charge in [0.15, 0.2) is 0 Å². The minimum atomic E-state index is 0.180. The van der Waals surface area contributed by atoms with Crippen molar-refractivity contribution < 1.29 is 4.79 Å². The summed E-state index contributed by atoms with van der Waals surface area (Å²) in [6.45, 7) is 6.72. The van der Waals surface area contributed by atoms with Gasteiger partial charge in [0, 0.05) is 12.6 Å². The van der Waals surface area contributed by atoms with Crippen molar-refractivity contribution in [2.45, 2.75) is 25.8 Å². The second-order valence-electron chi connectivity index (χ2n) is 3.00. The van der Waals surface area contributed by atoms with Crippen molar-refractivity contribution in [3.63, 3.8) is 0 Å². The average Bonchev–Trinajstić information content (AvgIpc) is 2.86. The molecule has 68 valence electrons. The standard InChI is InChI=1S/C9H16N2O/c1-3-10-7-9(12)11(4-2)8-5-6-8/h3,8,10H,1,4-7H2,2H3. The van der Waals surface area contributed by atoms with Crippen molar-refractivity contribution in [3.8, 4) is 0 Å². The van der Waals surface area contributed by atoms with Crippen molar-refractivity contribution >= 4 is 5.91 Å². The fourth-order valence-corrected chi connectivity index (χ4v) is 1.29. The predicted molar refractivity (Wildman–Crippen MR) is 48.6 cm³/mol. The normalized spacial score (nSPS) is 15.4. The van der Waals surface area contributed by atoms with Crippen LogP contribution >= 0.6 is 0 Å². The number of nitrogens with one attached hydrogen (secondary N) is 1. The zero-order valence-electron chi connectivity index (χ0n) is 7.55. The Bertz CT molecular complexity index is 175. The Balaban J connectivity index is 2.31. The summed E-state index contributed by atoms with van der Waals surface area (Å²) in [5, 5.41) is 2.82. The molecule has 1 fully saturated rings. The number of carbonyl (C=O) groups excluding carboxylic acids is 1. The van der Waals surface area contributed by atoms with Gasteiger partial charge in [0.25, 0.3) is 0 Å². The Kier molecular flexibility index (Phi) is 3.14. The lowest BCUT2D eigenvalue weighted by Gasteiger charge is -2.19. The third kappa shape index (κ3) is 2.26. The van der Waals surface area contributed by atoms with E-state index in [4.69, 9.17) is 0 Å². The van der Waals surface area contributed by atoms with Crippen molar-refractivity contribution in [1.29, 1.82) is 0 Å². The lowest BCUT2D eigenvalue weighted by Crippen LogP contribution is -2.38. The summed E-state index contributed by atoms with van der Waals surface area (Å²) < 4.78 is 0. The largest absolute Gasteiger partial charge is 0.383 e. The number of hydrogen-bond acceptors (Lipinski definition) is 2. The second-order valence-corrected chi connectivity index (χ2v) is 3.00. The third-order valence-corrected chi connectivity index (χ3v) is 2.05. The Morgan fingerprint density at radius 3 is 2.83 bits per heavy atom. The molecule has 1 N–H and O–H groups in total. The first kappa shape index (κ1) is 9.10. The summed E-state index contributed by atoms with van der Waals surface area (Å²) in [6, 6.07) is 0.522. The number of amides is 1. The first-order valence-electron chi connectivity index (χ1n) is 4.43. The van der Waals surface area contributed by atoms with Crippen molar-refractivity contribution in [2.75, 3.05) is 13.1 Å². The van der Waals surface area contributed by atoms with E-state index in [1.54, 1.807) is 6.20 Å². The molecule has 0 saturated heterocycles. The number of likely N-dealkylation sites (N-methyl/N-ethyl adjacent to an activating group) is 1. The van der Waals surface area contributed by atoms with Gasteiger partial charge in [-0.2, -0.15) is 0 Å². The molecule has 3 nitrogen and oxygen atoms in total. The smallest absolute Gasteiger partial charge is 0.242 e. The Morgan fingerprint density at radius 2 is 2.42 bits per heavy atom. The van der Waals surface area contributed by atoms with Gasteiger partial charge in [0.05, 0.1) is 6.54 Å². The molecule has 0 atom stereocenters. The van der Waals surface area contributed by atoms with Crippen LogP contribution in [0.5, 0.6) is 0 Å². The van der Waals surface area contributed by atoms with Crippen LogP contribution in [0.2, 0.25) is 0 Å². The van der Waals surface area contributed by atoms with Gasteiger partial charge in [-0.25, -0.2) is 0 Å². The van der Waals surface area contributed by atoms with Gasteiger partial charge in [0.1, 0.15) is 0 Å². The van der Waals surface area contributed by atoms with E-state index in [0.29, 0.717) is 12.6 Å². The van der Waals surface area contributed by atoms with Crippen LogP contribution in [0.25, 0.3) is 0 Å². The van der Waals surface area contributed by atoms with E-state index in [1.807, 2.05) is 11.8 Å². The van der Waals surface area contributed by atoms with Gasteiger partial charge in [-0.05, 0) is 26.0 Å². The van der Waals surface area contributed by atoms with Crippen LogP contribution in [0.3, 0.4) is 0 Å². The predicted octanol–water partition coefficient (Wildman–Crippen LogP) is 0.730. The van der Waals surface area contributed by atoms with Crippen LogP contribution in [0.1, 0.15) is 19.8 Å². The maximum Gasteiger partial charge on any atom is 0.242 e. The summed E-state index contributed by atoms with van der Waals surface area (Å²) in [4.78, 5) is 13.4. The highest BCUT2D eigenvalue weighted by atomic mass is 16.2. The van der Waals surface area contributed by atoms with Crippen LogP contribution in [-0.4, -0.2) is 29.9 Å².